The zero-order valence-electron chi connectivity index (χ0n) is 20.3. The van der Waals surface area contributed by atoms with Crippen molar-refractivity contribution in [2.24, 2.45) is 0 Å². The minimum atomic E-state index is -0.469. The van der Waals surface area contributed by atoms with Crippen LogP contribution in [-0.4, -0.2) is 63.7 Å². The SMILES string of the molecule is CCOC(CNc1ccc(NCC(OCC)OCC)c2c1C(=O)c1ccccc1C2=O)OCC. The van der Waals surface area contributed by atoms with Crippen molar-refractivity contribution in [1.29, 1.82) is 0 Å². The van der Waals surface area contributed by atoms with Crippen LogP contribution in [0.2, 0.25) is 0 Å². The molecule has 1 aliphatic carbocycles. The molecule has 0 atom stereocenters. The predicted molar refractivity (Wildman–Crippen MR) is 131 cm³/mol. The van der Waals surface area contributed by atoms with E-state index in [1.54, 1.807) is 36.4 Å². The highest BCUT2D eigenvalue weighted by molar-refractivity contribution is 6.31. The first kappa shape index (κ1) is 25.8. The second-order valence-corrected chi connectivity index (χ2v) is 7.56. The lowest BCUT2D eigenvalue weighted by molar-refractivity contribution is -0.126. The summed E-state index contributed by atoms with van der Waals surface area (Å²) < 4.78 is 22.4. The van der Waals surface area contributed by atoms with E-state index in [1.807, 2.05) is 27.7 Å². The van der Waals surface area contributed by atoms with E-state index in [-0.39, 0.29) is 11.6 Å². The molecule has 8 heteroatoms. The van der Waals surface area contributed by atoms with Crippen molar-refractivity contribution < 1.29 is 28.5 Å². The molecule has 0 aromatic heterocycles. The topological polar surface area (TPSA) is 95.1 Å². The van der Waals surface area contributed by atoms with E-state index in [9.17, 15) is 9.59 Å². The maximum Gasteiger partial charge on any atom is 0.196 e. The summed E-state index contributed by atoms with van der Waals surface area (Å²) in [5, 5.41) is 6.51. The Morgan fingerprint density at radius 1 is 0.618 bits per heavy atom. The number of carbonyl (C=O) groups excluding carboxylic acids is 2. The van der Waals surface area contributed by atoms with Gasteiger partial charge in [-0.1, -0.05) is 24.3 Å². The highest BCUT2D eigenvalue weighted by atomic mass is 16.7. The molecule has 0 bridgehead atoms. The molecule has 0 unspecified atom stereocenters. The van der Waals surface area contributed by atoms with E-state index < -0.39 is 12.6 Å². The molecule has 0 saturated carbocycles. The minimum absolute atomic E-state index is 0.202. The van der Waals surface area contributed by atoms with Gasteiger partial charge in [0.15, 0.2) is 24.1 Å². The van der Waals surface area contributed by atoms with Crippen molar-refractivity contribution in [2.45, 2.75) is 40.3 Å². The van der Waals surface area contributed by atoms with Gasteiger partial charge in [0, 0.05) is 48.9 Å². The molecule has 0 saturated heterocycles. The number of ketones is 2. The van der Waals surface area contributed by atoms with E-state index in [0.29, 0.717) is 73.1 Å². The van der Waals surface area contributed by atoms with Crippen LogP contribution in [0.4, 0.5) is 11.4 Å². The molecule has 2 aromatic rings. The number of benzene rings is 2. The molecule has 0 amide bonds. The number of hydrogen-bond acceptors (Lipinski definition) is 8. The van der Waals surface area contributed by atoms with Gasteiger partial charge >= 0.3 is 0 Å². The second kappa shape index (κ2) is 12.6. The summed E-state index contributed by atoms with van der Waals surface area (Å²) in [7, 11) is 0. The Balaban J connectivity index is 1.97. The van der Waals surface area contributed by atoms with Gasteiger partial charge in [-0.25, -0.2) is 0 Å². The fraction of sp³-hybridized carbons (Fsp3) is 0.462. The lowest BCUT2D eigenvalue weighted by Gasteiger charge is -2.26. The van der Waals surface area contributed by atoms with E-state index >= 15 is 0 Å². The van der Waals surface area contributed by atoms with E-state index in [0.717, 1.165) is 0 Å². The fourth-order valence-corrected chi connectivity index (χ4v) is 3.98. The molecule has 0 heterocycles. The number of carbonyl (C=O) groups is 2. The van der Waals surface area contributed by atoms with E-state index in [4.69, 9.17) is 18.9 Å². The van der Waals surface area contributed by atoms with Crippen molar-refractivity contribution in [1.82, 2.24) is 0 Å². The van der Waals surface area contributed by atoms with Crippen LogP contribution < -0.4 is 10.6 Å². The zero-order valence-corrected chi connectivity index (χ0v) is 20.3. The van der Waals surface area contributed by atoms with Crippen LogP contribution in [0.1, 0.15) is 59.5 Å². The van der Waals surface area contributed by atoms with Gasteiger partial charge in [-0.05, 0) is 39.8 Å². The van der Waals surface area contributed by atoms with Gasteiger partial charge in [0.25, 0.3) is 0 Å². The summed E-state index contributed by atoms with van der Waals surface area (Å²) in [5.41, 5.74) is 2.59. The molecular weight excluding hydrogens is 436 g/mol. The van der Waals surface area contributed by atoms with Crippen molar-refractivity contribution in [3.63, 3.8) is 0 Å². The van der Waals surface area contributed by atoms with Crippen LogP contribution in [-0.2, 0) is 18.9 Å². The third-order valence-electron chi connectivity index (χ3n) is 5.40. The molecule has 2 N–H and O–H groups in total. The molecule has 3 rings (SSSR count). The Bertz CT molecular complexity index is 903. The molecule has 34 heavy (non-hydrogen) atoms. The Morgan fingerprint density at radius 2 is 0.971 bits per heavy atom. The zero-order chi connectivity index (χ0) is 24.5. The Hall–Kier alpha value is -2.78. The molecule has 184 valence electrons. The lowest BCUT2D eigenvalue weighted by Crippen LogP contribution is -2.30. The summed E-state index contributed by atoms with van der Waals surface area (Å²) in [4.78, 5) is 27.1. The average molecular weight is 471 g/mol. The van der Waals surface area contributed by atoms with Crippen molar-refractivity contribution >= 4 is 22.9 Å². The maximum absolute atomic E-state index is 13.5. The summed E-state index contributed by atoms with van der Waals surface area (Å²) in [6.07, 6.45) is -0.938. The van der Waals surface area contributed by atoms with Gasteiger partial charge in [0.2, 0.25) is 0 Å². The predicted octanol–water partition coefficient (Wildman–Crippen LogP) is 4.08. The number of nitrogens with one attached hydrogen (secondary N) is 2. The van der Waals surface area contributed by atoms with Gasteiger partial charge in [0.05, 0.1) is 24.2 Å². The minimum Gasteiger partial charge on any atom is -0.379 e. The average Bonchev–Trinajstić information content (AvgIpc) is 2.85. The summed E-state index contributed by atoms with van der Waals surface area (Å²) in [6, 6.07) is 10.5. The highest BCUT2D eigenvalue weighted by Crippen LogP contribution is 2.36. The third kappa shape index (κ3) is 5.82. The van der Waals surface area contributed by atoms with Crippen LogP contribution in [0.5, 0.6) is 0 Å². The van der Waals surface area contributed by atoms with Crippen LogP contribution >= 0.6 is 0 Å². The van der Waals surface area contributed by atoms with Crippen LogP contribution in [0.15, 0.2) is 36.4 Å². The Kier molecular flexibility index (Phi) is 9.59. The lowest BCUT2D eigenvalue weighted by atomic mass is 9.82. The number of rotatable bonds is 14. The quantitative estimate of drug-likeness (QED) is 0.340. The number of fused-ring (bicyclic) bond motifs is 2. The van der Waals surface area contributed by atoms with Gasteiger partial charge in [-0.3, -0.25) is 9.59 Å². The molecule has 2 aromatic carbocycles. The number of anilines is 2. The molecule has 0 fully saturated rings. The van der Waals surface area contributed by atoms with E-state index in [2.05, 4.69) is 10.6 Å². The summed E-state index contributed by atoms with van der Waals surface area (Å²) in [5.74, 6) is -0.404. The Labute approximate surface area is 200 Å². The molecule has 0 radical (unpaired) electrons. The van der Waals surface area contributed by atoms with Gasteiger partial charge in [0.1, 0.15) is 0 Å². The summed E-state index contributed by atoms with van der Waals surface area (Å²) in [6.45, 7) is 10.2. The Morgan fingerprint density at radius 3 is 1.29 bits per heavy atom. The largest absolute Gasteiger partial charge is 0.379 e. The first-order valence-electron chi connectivity index (χ1n) is 11.8. The van der Waals surface area contributed by atoms with Gasteiger partial charge in [-0.15, -0.1) is 0 Å². The fourth-order valence-electron chi connectivity index (χ4n) is 3.98. The maximum atomic E-state index is 13.5. The molecular formula is C26H34N2O6. The smallest absolute Gasteiger partial charge is 0.196 e. The normalized spacial score (nSPS) is 12.8. The molecule has 1 aliphatic rings. The van der Waals surface area contributed by atoms with E-state index in [1.165, 1.54) is 0 Å². The highest BCUT2D eigenvalue weighted by Gasteiger charge is 2.34. The van der Waals surface area contributed by atoms with Gasteiger partial charge < -0.3 is 29.6 Å². The summed E-state index contributed by atoms with van der Waals surface area (Å²) >= 11 is 0. The standard InChI is InChI=1S/C26H34N2O6/c1-5-31-21(32-6-2)15-27-19-13-14-20(28-16-22(33-7-3)34-8-4)24-23(19)25(29)17-11-9-10-12-18(17)26(24)30/h9-14,21-22,27-28H,5-8,15-16H2,1-4H3. The second-order valence-electron chi connectivity index (χ2n) is 7.56. The van der Waals surface area contributed by atoms with Crippen LogP contribution in [0, 0.1) is 0 Å². The van der Waals surface area contributed by atoms with Crippen LogP contribution in [0.25, 0.3) is 0 Å². The molecule has 8 nitrogen and oxygen atoms in total. The van der Waals surface area contributed by atoms with Crippen LogP contribution in [0.3, 0.4) is 0 Å². The molecule has 0 spiro atoms. The number of hydrogen-bond donors (Lipinski definition) is 2. The van der Waals surface area contributed by atoms with Crippen molar-refractivity contribution in [3.8, 4) is 0 Å². The third-order valence-corrected chi connectivity index (χ3v) is 5.40. The first-order valence-corrected chi connectivity index (χ1v) is 11.8. The monoisotopic (exact) mass is 470 g/mol. The van der Waals surface area contributed by atoms with Crippen molar-refractivity contribution in [2.75, 3.05) is 50.2 Å². The number of ether oxygens (including phenoxy) is 4. The van der Waals surface area contributed by atoms with Gasteiger partial charge in [-0.2, -0.15) is 0 Å². The molecule has 0 aliphatic heterocycles. The first-order chi connectivity index (χ1) is 16.5. The van der Waals surface area contributed by atoms with Crippen molar-refractivity contribution in [3.05, 3.63) is 58.7 Å².